The standard InChI is InChI=1S/C21H25NO3S/c1-25-21(24)12-8-3-2-5-9-17-13-14-19(23)18(17)10-6-4-7-11-20-22-15-16-26-20/h2,4-6,10,13-17H,3,7-9,11-12H2,1H3. The van der Waals surface area contributed by atoms with E-state index in [-0.39, 0.29) is 17.7 Å². The number of hydrogen-bond donors (Lipinski definition) is 0. The Balaban J connectivity index is 1.74. The van der Waals surface area contributed by atoms with E-state index in [2.05, 4.69) is 27.9 Å². The maximum absolute atomic E-state index is 12.0. The maximum atomic E-state index is 12.0. The Labute approximate surface area is 159 Å². The van der Waals surface area contributed by atoms with Crippen LogP contribution in [0.3, 0.4) is 0 Å². The predicted octanol–water partition coefficient (Wildman–Crippen LogP) is 4.60. The van der Waals surface area contributed by atoms with Crippen LogP contribution in [0.2, 0.25) is 0 Å². The van der Waals surface area contributed by atoms with Crippen molar-refractivity contribution in [2.75, 3.05) is 7.11 Å². The zero-order chi connectivity index (χ0) is 18.6. The molecule has 2 rings (SSSR count). The second kappa shape index (κ2) is 11.4. The van der Waals surface area contributed by atoms with Crippen LogP contribution < -0.4 is 0 Å². The molecule has 138 valence electrons. The molecule has 1 heterocycles. The summed E-state index contributed by atoms with van der Waals surface area (Å²) in [6, 6.07) is 0. The number of ketones is 1. The number of carbonyl (C=O) groups is 2. The van der Waals surface area contributed by atoms with E-state index < -0.39 is 0 Å². The minimum Gasteiger partial charge on any atom is -0.469 e. The van der Waals surface area contributed by atoms with E-state index in [1.807, 2.05) is 29.8 Å². The van der Waals surface area contributed by atoms with Crippen LogP contribution in [-0.4, -0.2) is 23.8 Å². The molecule has 1 aliphatic carbocycles. The Kier molecular flexibility index (Phi) is 8.76. The number of carbonyl (C=O) groups excluding carboxylic acids is 2. The van der Waals surface area contributed by atoms with Crippen LogP contribution in [0.4, 0.5) is 0 Å². The van der Waals surface area contributed by atoms with Gasteiger partial charge in [-0.1, -0.05) is 36.5 Å². The van der Waals surface area contributed by atoms with Crippen LogP contribution in [0, 0.1) is 5.92 Å². The van der Waals surface area contributed by atoms with Gasteiger partial charge < -0.3 is 4.74 Å². The minimum absolute atomic E-state index is 0.0960. The molecule has 0 fully saturated rings. The van der Waals surface area contributed by atoms with Gasteiger partial charge in [-0.05, 0) is 31.8 Å². The van der Waals surface area contributed by atoms with Crippen molar-refractivity contribution in [2.24, 2.45) is 5.92 Å². The molecular weight excluding hydrogens is 346 g/mol. The van der Waals surface area contributed by atoms with E-state index in [9.17, 15) is 9.59 Å². The molecule has 0 spiro atoms. The van der Waals surface area contributed by atoms with Crippen LogP contribution in [0.15, 0.2) is 59.7 Å². The van der Waals surface area contributed by atoms with Gasteiger partial charge in [0.25, 0.3) is 0 Å². The molecule has 1 unspecified atom stereocenters. The molecule has 0 radical (unpaired) electrons. The fraction of sp³-hybridized carbons (Fsp3) is 0.381. The molecule has 26 heavy (non-hydrogen) atoms. The van der Waals surface area contributed by atoms with Crippen molar-refractivity contribution < 1.29 is 14.3 Å². The average molecular weight is 372 g/mol. The number of aromatic nitrogens is 1. The lowest BCUT2D eigenvalue weighted by atomic mass is 9.97. The van der Waals surface area contributed by atoms with E-state index in [0.717, 1.165) is 42.7 Å². The van der Waals surface area contributed by atoms with Crippen molar-refractivity contribution in [3.8, 4) is 0 Å². The molecular formula is C21H25NO3S. The van der Waals surface area contributed by atoms with Gasteiger partial charge in [0.1, 0.15) is 0 Å². The molecule has 1 aliphatic rings. The van der Waals surface area contributed by atoms with E-state index in [1.165, 1.54) is 7.11 Å². The molecule has 1 aromatic heterocycles. The number of thiazole rings is 1. The fourth-order valence-corrected chi connectivity index (χ4v) is 3.31. The van der Waals surface area contributed by atoms with E-state index >= 15 is 0 Å². The number of nitrogens with zero attached hydrogens (tertiary/aromatic N) is 1. The summed E-state index contributed by atoms with van der Waals surface area (Å²) in [6.45, 7) is 0. The minimum atomic E-state index is -0.172. The van der Waals surface area contributed by atoms with Crippen LogP contribution in [0.5, 0.6) is 0 Å². The lowest BCUT2D eigenvalue weighted by molar-refractivity contribution is -0.140. The van der Waals surface area contributed by atoms with E-state index in [4.69, 9.17) is 0 Å². The van der Waals surface area contributed by atoms with Gasteiger partial charge in [0.2, 0.25) is 0 Å². The average Bonchev–Trinajstić information content (AvgIpc) is 3.28. The molecule has 1 aromatic rings. The molecule has 0 amide bonds. The molecule has 0 bridgehead atoms. The van der Waals surface area contributed by atoms with Crippen molar-refractivity contribution in [3.63, 3.8) is 0 Å². The quantitative estimate of drug-likeness (QED) is 0.261. The smallest absolute Gasteiger partial charge is 0.305 e. The number of aryl methyl sites for hydroxylation is 1. The van der Waals surface area contributed by atoms with Crippen LogP contribution >= 0.6 is 11.3 Å². The summed E-state index contributed by atoms with van der Waals surface area (Å²) in [6.07, 6.45) is 20.3. The van der Waals surface area contributed by atoms with Gasteiger partial charge in [0.05, 0.1) is 12.1 Å². The molecule has 0 saturated heterocycles. The second-order valence-electron chi connectivity index (χ2n) is 6.02. The van der Waals surface area contributed by atoms with Crippen molar-refractivity contribution in [3.05, 3.63) is 64.7 Å². The highest BCUT2D eigenvalue weighted by molar-refractivity contribution is 7.09. The van der Waals surface area contributed by atoms with Crippen molar-refractivity contribution in [1.82, 2.24) is 4.98 Å². The maximum Gasteiger partial charge on any atom is 0.305 e. The topological polar surface area (TPSA) is 56.3 Å². The third-order valence-corrected chi connectivity index (χ3v) is 4.96. The van der Waals surface area contributed by atoms with Gasteiger partial charge >= 0.3 is 5.97 Å². The van der Waals surface area contributed by atoms with Crippen molar-refractivity contribution in [2.45, 2.75) is 38.5 Å². The van der Waals surface area contributed by atoms with Crippen LogP contribution in [-0.2, 0) is 20.7 Å². The van der Waals surface area contributed by atoms with Gasteiger partial charge in [0.15, 0.2) is 5.78 Å². The van der Waals surface area contributed by atoms with Gasteiger partial charge in [-0.15, -0.1) is 11.3 Å². The van der Waals surface area contributed by atoms with Gasteiger partial charge in [-0.2, -0.15) is 0 Å². The zero-order valence-electron chi connectivity index (χ0n) is 15.1. The van der Waals surface area contributed by atoms with Gasteiger partial charge in [-0.25, -0.2) is 4.98 Å². The lowest BCUT2D eigenvalue weighted by Gasteiger charge is -2.06. The van der Waals surface area contributed by atoms with Crippen LogP contribution in [0.25, 0.3) is 0 Å². The second-order valence-corrected chi connectivity index (χ2v) is 7.00. The normalized spacial score (nSPS) is 18.6. The highest BCUT2D eigenvalue weighted by atomic mass is 32.1. The Bertz CT molecular complexity index is 699. The highest BCUT2D eigenvalue weighted by Crippen LogP contribution is 2.25. The summed E-state index contributed by atoms with van der Waals surface area (Å²) in [5.41, 5.74) is 0.842. The molecule has 0 N–H and O–H groups in total. The van der Waals surface area contributed by atoms with Crippen molar-refractivity contribution in [1.29, 1.82) is 0 Å². The molecule has 1 atom stereocenters. The number of hydrogen-bond acceptors (Lipinski definition) is 5. The summed E-state index contributed by atoms with van der Waals surface area (Å²) in [4.78, 5) is 27.3. The molecule has 0 saturated carbocycles. The summed E-state index contributed by atoms with van der Waals surface area (Å²) in [5.74, 6) is 0.0659. The predicted molar refractivity (Wildman–Crippen MR) is 105 cm³/mol. The molecule has 0 aromatic carbocycles. The van der Waals surface area contributed by atoms with E-state index in [1.54, 1.807) is 17.4 Å². The first-order valence-corrected chi connectivity index (χ1v) is 9.78. The number of rotatable bonds is 10. The van der Waals surface area contributed by atoms with E-state index in [0.29, 0.717) is 6.42 Å². The van der Waals surface area contributed by atoms with Gasteiger partial charge in [0, 0.05) is 35.9 Å². The number of esters is 1. The Morgan fingerprint density at radius 3 is 2.96 bits per heavy atom. The molecule has 4 nitrogen and oxygen atoms in total. The third kappa shape index (κ3) is 6.92. The number of ether oxygens (including phenoxy) is 1. The largest absolute Gasteiger partial charge is 0.469 e. The monoisotopic (exact) mass is 371 g/mol. The molecule has 5 heteroatoms. The first-order valence-electron chi connectivity index (χ1n) is 8.90. The summed E-state index contributed by atoms with van der Waals surface area (Å²) >= 11 is 1.67. The fourth-order valence-electron chi connectivity index (χ4n) is 2.68. The Morgan fingerprint density at radius 2 is 2.19 bits per heavy atom. The van der Waals surface area contributed by atoms with Crippen molar-refractivity contribution >= 4 is 23.1 Å². The van der Waals surface area contributed by atoms with Crippen LogP contribution in [0.1, 0.15) is 37.1 Å². The third-order valence-electron chi connectivity index (χ3n) is 4.12. The Hall–Kier alpha value is -2.27. The zero-order valence-corrected chi connectivity index (χ0v) is 15.9. The SMILES string of the molecule is COC(=O)CCCC=CCC1C=CC(=O)C1=CC=CCCc1nccs1. The molecule has 0 aliphatic heterocycles. The lowest BCUT2D eigenvalue weighted by Crippen LogP contribution is -2.01. The summed E-state index contributed by atoms with van der Waals surface area (Å²) < 4.78 is 4.61. The number of unbranched alkanes of at least 4 members (excludes halogenated alkanes) is 1. The summed E-state index contributed by atoms with van der Waals surface area (Å²) in [5, 5.41) is 3.12. The Morgan fingerprint density at radius 1 is 1.31 bits per heavy atom. The first kappa shape index (κ1) is 20.0. The highest BCUT2D eigenvalue weighted by Gasteiger charge is 2.20. The number of allylic oxidation sites excluding steroid dienone is 8. The summed E-state index contributed by atoms with van der Waals surface area (Å²) in [7, 11) is 1.41. The van der Waals surface area contributed by atoms with Gasteiger partial charge in [-0.3, -0.25) is 9.59 Å². The first-order chi connectivity index (χ1) is 12.7. The number of methoxy groups -OCH3 is 1.